The second kappa shape index (κ2) is 4.46. The van der Waals surface area contributed by atoms with Crippen LogP contribution in [0.5, 0.6) is 0 Å². The van der Waals surface area contributed by atoms with Crippen molar-refractivity contribution in [2.75, 3.05) is 6.54 Å². The first kappa shape index (κ1) is 11.7. The molecule has 1 aromatic carbocycles. The summed E-state index contributed by atoms with van der Waals surface area (Å²) in [6.45, 7) is 1.72. The topological polar surface area (TPSA) is 30.2 Å². The van der Waals surface area contributed by atoms with E-state index in [9.17, 15) is 0 Å². The third kappa shape index (κ3) is 1.74. The van der Waals surface area contributed by atoms with Crippen LogP contribution in [0.1, 0.15) is 11.3 Å². The van der Waals surface area contributed by atoms with Crippen molar-refractivity contribution in [2.45, 2.75) is 6.54 Å². The lowest BCUT2D eigenvalue weighted by molar-refractivity contribution is 0.711. The number of pyridine rings is 1. The second-order valence-electron chi connectivity index (χ2n) is 4.84. The minimum absolute atomic E-state index is 0.505. The molecule has 98 valence electrons. The molecule has 0 amide bonds. The molecular formula is C16H12ClN3. The number of fused-ring (bicyclic) bond motifs is 3. The van der Waals surface area contributed by atoms with Gasteiger partial charge >= 0.3 is 0 Å². The fourth-order valence-corrected chi connectivity index (χ4v) is 2.86. The first-order chi connectivity index (χ1) is 9.83. The van der Waals surface area contributed by atoms with Crippen LogP contribution in [0.2, 0.25) is 5.15 Å². The Balaban J connectivity index is 1.92. The molecule has 2 aromatic heterocycles. The number of hydrogen-bond acceptors (Lipinski definition) is 2. The van der Waals surface area contributed by atoms with Crippen molar-refractivity contribution in [1.29, 1.82) is 0 Å². The van der Waals surface area contributed by atoms with E-state index in [1.54, 1.807) is 12.3 Å². The number of benzene rings is 1. The van der Waals surface area contributed by atoms with E-state index in [2.05, 4.69) is 44.9 Å². The van der Waals surface area contributed by atoms with E-state index in [1.165, 1.54) is 10.9 Å². The van der Waals surface area contributed by atoms with Crippen LogP contribution >= 0.6 is 11.6 Å². The zero-order valence-corrected chi connectivity index (χ0v) is 11.5. The molecule has 3 heterocycles. The summed E-state index contributed by atoms with van der Waals surface area (Å²) in [6.07, 6.45) is 1.79. The average Bonchev–Trinajstić information content (AvgIpc) is 2.87. The normalized spacial score (nSPS) is 14.2. The van der Waals surface area contributed by atoms with Gasteiger partial charge in [0.15, 0.2) is 0 Å². The summed E-state index contributed by atoms with van der Waals surface area (Å²) in [5, 5.41) is 1.75. The zero-order chi connectivity index (χ0) is 13.5. The molecular weight excluding hydrogens is 270 g/mol. The third-order valence-corrected chi connectivity index (χ3v) is 3.87. The Bertz CT molecular complexity index is 815. The summed E-state index contributed by atoms with van der Waals surface area (Å²) >= 11 is 5.86. The number of aromatic nitrogens is 2. The Morgan fingerprint density at radius 2 is 2.00 bits per heavy atom. The molecule has 0 spiro atoms. The molecule has 0 saturated carbocycles. The highest BCUT2D eigenvalue weighted by Gasteiger charge is 2.18. The molecule has 4 rings (SSSR count). The Morgan fingerprint density at radius 1 is 1.10 bits per heavy atom. The van der Waals surface area contributed by atoms with Gasteiger partial charge in [-0.25, -0.2) is 4.98 Å². The van der Waals surface area contributed by atoms with Crippen LogP contribution in [-0.2, 0) is 6.54 Å². The van der Waals surface area contributed by atoms with Crippen molar-refractivity contribution in [3.63, 3.8) is 0 Å². The molecule has 1 aliphatic heterocycles. The number of para-hydroxylation sites is 1. The Morgan fingerprint density at radius 3 is 2.85 bits per heavy atom. The Labute approximate surface area is 121 Å². The highest BCUT2D eigenvalue weighted by Crippen LogP contribution is 2.25. The maximum absolute atomic E-state index is 5.86. The van der Waals surface area contributed by atoms with Crippen LogP contribution in [0.4, 0.5) is 0 Å². The molecule has 0 saturated heterocycles. The molecule has 0 aliphatic carbocycles. The van der Waals surface area contributed by atoms with Gasteiger partial charge < -0.3 is 4.57 Å². The van der Waals surface area contributed by atoms with Crippen molar-refractivity contribution in [3.8, 4) is 0 Å². The van der Waals surface area contributed by atoms with E-state index >= 15 is 0 Å². The summed E-state index contributed by atoms with van der Waals surface area (Å²) in [4.78, 5) is 8.84. The van der Waals surface area contributed by atoms with Gasteiger partial charge in [-0.2, -0.15) is 0 Å². The van der Waals surface area contributed by atoms with Gasteiger partial charge in [0.1, 0.15) is 5.15 Å². The largest absolute Gasteiger partial charge is 0.337 e. The predicted molar refractivity (Wildman–Crippen MR) is 81.7 cm³/mol. The molecule has 4 heteroatoms. The highest BCUT2D eigenvalue weighted by atomic mass is 35.5. The van der Waals surface area contributed by atoms with Gasteiger partial charge in [0.25, 0.3) is 0 Å². The minimum Gasteiger partial charge on any atom is -0.337 e. The average molecular weight is 282 g/mol. The van der Waals surface area contributed by atoms with Gasteiger partial charge in [0.05, 0.1) is 18.0 Å². The Hall–Kier alpha value is -2.13. The van der Waals surface area contributed by atoms with Crippen molar-refractivity contribution < 1.29 is 0 Å². The fraction of sp³-hybridized carbons (Fsp3) is 0.125. The van der Waals surface area contributed by atoms with Crippen LogP contribution in [0.3, 0.4) is 0 Å². The van der Waals surface area contributed by atoms with Crippen LogP contribution in [0.25, 0.3) is 10.9 Å². The van der Waals surface area contributed by atoms with Crippen molar-refractivity contribution >= 4 is 28.2 Å². The van der Waals surface area contributed by atoms with E-state index in [0.29, 0.717) is 5.15 Å². The molecule has 0 unspecified atom stereocenters. The van der Waals surface area contributed by atoms with Crippen molar-refractivity contribution in [1.82, 2.24) is 9.55 Å². The van der Waals surface area contributed by atoms with E-state index in [1.807, 2.05) is 6.07 Å². The molecule has 3 aromatic rings. The molecule has 0 fully saturated rings. The lowest BCUT2D eigenvalue weighted by atomic mass is 10.1. The van der Waals surface area contributed by atoms with Gasteiger partial charge in [-0.1, -0.05) is 29.8 Å². The van der Waals surface area contributed by atoms with Crippen LogP contribution < -0.4 is 0 Å². The molecule has 1 aliphatic rings. The van der Waals surface area contributed by atoms with Crippen molar-refractivity contribution in [3.05, 3.63) is 65.1 Å². The minimum atomic E-state index is 0.505. The van der Waals surface area contributed by atoms with Crippen molar-refractivity contribution in [2.24, 2.45) is 4.99 Å². The lowest BCUT2D eigenvalue weighted by Gasteiger charge is -2.17. The molecule has 20 heavy (non-hydrogen) atoms. The van der Waals surface area contributed by atoms with Gasteiger partial charge in [-0.3, -0.25) is 4.99 Å². The SMILES string of the molecule is Clc1ccc(C2=NCCn3c2cc2ccccc23)cn1. The number of aliphatic imine (C=N–C) groups is 1. The number of rotatable bonds is 1. The fourth-order valence-electron chi connectivity index (χ4n) is 2.75. The second-order valence-corrected chi connectivity index (χ2v) is 5.23. The maximum Gasteiger partial charge on any atom is 0.129 e. The summed E-state index contributed by atoms with van der Waals surface area (Å²) in [6, 6.07) is 14.4. The van der Waals surface area contributed by atoms with E-state index < -0.39 is 0 Å². The molecule has 0 atom stereocenters. The van der Waals surface area contributed by atoms with E-state index in [4.69, 9.17) is 11.6 Å². The standard InChI is InChI=1S/C16H12ClN3/c17-15-6-5-12(10-19-15)16-14-9-11-3-1-2-4-13(11)20(14)8-7-18-16/h1-6,9-10H,7-8H2. The Kier molecular flexibility index (Phi) is 2.60. The van der Waals surface area contributed by atoms with Gasteiger partial charge in [0, 0.05) is 29.2 Å². The van der Waals surface area contributed by atoms with E-state index in [0.717, 1.165) is 30.1 Å². The van der Waals surface area contributed by atoms with Gasteiger partial charge in [0.2, 0.25) is 0 Å². The molecule has 0 N–H and O–H groups in total. The quantitative estimate of drug-likeness (QED) is 0.628. The number of halogens is 1. The first-order valence-electron chi connectivity index (χ1n) is 6.58. The monoisotopic (exact) mass is 281 g/mol. The number of hydrogen-bond donors (Lipinski definition) is 0. The molecule has 0 bridgehead atoms. The van der Waals surface area contributed by atoms with Crippen LogP contribution in [-0.4, -0.2) is 21.8 Å². The highest BCUT2D eigenvalue weighted by molar-refractivity contribution is 6.29. The summed E-state index contributed by atoms with van der Waals surface area (Å²) in [5.74, 6) is 0. The predicted octanol–water partition coefficient (Wildman–Crippen LogP) is 3.54. The number of nitrogens with zero attached hydrogens (tertiary/aromatic N) is 3. The summed E-state index contributed by atoms with van der Waals surface area (Å²) in [5.41, 5.74) is 4.42. The lowest BCUT2D eigenvalue weighted by Crippen LogP contribution is -2.18. The van der Waals surface area contributed by atoms with Crippen LogP contribution in [0, 0.1) is 0 Å². The third-order valence-electron chi connectivity index (χ3n) is 3.65. The first-order valence-corrected chi connectivity index (χ1v) is 6.96. The smallest absolute Gasteiger partial charge is 0.129 e. The van der Waals surface area contributed by atoms with Crippen LogP contribution in [0.15, 0.2) is 53.7 Å². The summed E-state index contributed by atoms with van der Waals surface area (Å²) in [7, 11) is 0. The maximum atomic E-state index is 5.86. The molecule has 3 nitrogen and oxygen atoms in total. The summed E-state index contributed by atoms with van der Waals surface area (Å²) < 4.78 is 2.33. The zero-order valence-electron chi connectivity index (χ0n) is 10.8. The van der Waals surface area contributed by atoms with Gasteiger partial charge in [-0.05, 0) is 24.3 Å². The van der Waals surface area contributed by atoms with Gasteiger partial charge in [-0.15, -0.1) is 0 Å². The van der Waals surface area contributed by atoms with E-state index in [-0.39, 0.29) is 0 Å². The molecule has 0 radical (unpaired) electrons.